The molecule has 2 fully saturated rings. The van der Waals surface area contributed by atoms with Crippen LogP contribution in [0.4, 0.5) is 0 Å². The van der Waals surface area contributed by atoms with Crippen molar-refractivity contribution in [2.75, 3.05) is 13.1 Å². The molecule has 0 saturated carbocycles. The van der Waals surface area contributed by atoms with E-state index in [0.29, 0.717) is 12.1 Å². The summed E-state index contributed by atoms with van der Waals surface area (Å²) in [7, 11) is 0. The molecule has 0 aromatic heterocycles. The Morgan fingerprint density at radius 1 is 1.32 bits per heavy atom. The molecule has 0 radical (unpaired) electrons. The molecule has 2 aliphatic heterocycles. The molecule has 19 heavy (non-hydrogen) atoms. The Morgan fingerprint density at radius 2 is 2.21 bits per heavy atom. The smallest absolute Gasteiger partial charge is 0.0294 e. The van der Waals surface area contributed by atoms with Gasteiger partial charge in [0.1, 0.15) is 0 Å². The lowest BCUT2D eigenvalue weighted by Crippen LogP contribution is -2.46. The Bertz CT molecular complexity index is 435. The molecule has 104 valence electrons. The SMILES string of the molecule is C[C@H](NC1CCN2CCCC2C1)c1cccc(Br)c1. The Hall–Kier alpha value is -0.380. The van der Waals surface area contributed by atoms with Gasteiger partial charge in [-0.1, -0.05) is 28.1 Å². The van der Waals surface area contributed by atoms with E-state index < -0.39 is 0 Å². The second kappa shape index (κ2) is 5.94. The largest absolute Gasteiger partial charge is 0.307 e. The molecule has 2 nitrogen and oxygen atoms in total. The zero-order valence-electron chi connectivity index (χ0n) is 11.6. The highest BCUT2D eigenvalue weighted by Gasteiger charge is 2.31. The van der Waals surface area contributed by atoms with Crippen LogP contribution in [0.5, 0.6) is 0 Å². The summed E-state index contributed by atoms with van der Waals surface area (Å²) in [5.41, 5.74) is 1.38. The highest BCUT2D eigenvalue weighted by molar-refractivity contribution is 9.10. The van der Waals surface area contributed by atoms with Crippen molar-refractivity contribution in [2.24, 2.45) is 0 Å². The monoisotopic (exact) mass is 322 g/mol. The van der Waals surface area contributed by atoms with Crippen LogP contribution in [0.1, 0.15) is 44.2 Å². The summed E-state index contributed by atoms with van der Waals surface area (Å²) in [6, 6.07) is 10.6. The molecule has 1 aromatic rings. The summed E-state index contributed by atoms with van der Waals surface area (Å²) in [6.45, 7) is 4.90. The van der Waals surface area contributed by atoms with Crippen LogP contribution in [0.25, 0.3) is 0 Å². The average molecular weight is 323 g/mol. The quantitative estimate of drug-likeness (QED) is 0.912. The second-order valence-electron chi connectivity index (χ2n) is 6.00. The molecule has 1 aromatic carbocycles. The minimum absolute atomic E-state index is 0.440. The lowest BCUT2D eigenvalue weighted by atomic mass is 9.96. The molecule has 3 rings (SSSR count). The molecule has 1 N–H and O–H groups in total. The Kier molecular flexibility index (Phi) is 4.25. The maximum absolute atomic E-state index is 3.83. The first kappa shape index (κ1) is 13.6. The maximum Gasteiger partial charge on any atom is 0.0294 e. The van der Waals surface area contributed by atoms with Crippen molar-refractivity contribution in [1.82, 2.24) is 10.2 Å². The molecule has 3 heteroatoms. The molecule has 3 atom stereocenters. The normalized spacial score (nSPS) is 29.2. The number of hydrogen-bond acceptors (Lipinski definition) is 2. The minimum atomic E-state index is 0.440. The van der Waals surface area contributed by atoms with Gasteiger partial charge in [0, 0.05) is 22.6 Å². The number of halogens is 1. The Morgan fingerprint density at radius 3 is 3.05 bits per heavy atom. The third-order valence-electron chi connectivity index (χ3n) is 4.65. The van der Waals surface area contributed by atoms with Gasteiger partial charge in [-0.05, 0) is 63.4 Å². The van der Waals surface area contributed by atoms with Crippen molar-refractivity contribution < 1.29 is 0 Å². The van der Waals surface area contributed by atoms with Gasteiger partial charge < -0.3 is 10.2 Å². The average Bonchev–Trinajstić information content (AvgIpc) is 2.86. The molecule has 0 bridgehead atoms. The lowest BCUT2D eigenvalue weighted by molar-refractivity contribution is 0.162. The lowest BCUT2D eigenvalue weighted by Gasteiger charge is -2.36. The van der Waals surface area contributed by atoms with E-state index >= 15 is 0 Å². The van der Waals surface area contributed by atoms with E-state index in [2.05, 4.69) is 57.3 Å². The summed E-state index contributed by atoms with van der Waals surface area (Å²) in [4.78, 5) is 2.68. The summed E-state index contributed by atoms with van der Waals surface area (Å²) in [6.07, 6.45) is 5.44. The third kappa shape index (κ3) is 3.21. The van der Waals surface area contributed by atoms with Crippen LogP contribution in [0, 0.1) is 0 Å². The zero-order valence-corrected chi connectivity index (χ0v) is 13.2. The van der Waals surface area contributed by atoms with E-state index in [0.717, 1.165) is 6.04 Å². The molecule has 0 aliphatic carbocycles. The predicted octanol–water partition coefficient (Wildman–Crippen LogP) is 3.73. The van der Waals surface area contributed by atoms with Crippen LogP contribution in [0.3, 0.4) is 0 Å². The van der Waals surface area contributed by atoms with Crippen LogP contribution in [-0.2, 0) is 0 Å². The molecular weight excluding hydrogens is 300 g/mol. The summed E-state index contributed by atoms with van der Waals surface area (Å²) < 4.78 is 1.17. The molecule has 0 spiro atoms. The van der Waals surface area contributed by atoms with Crippen LogP contribution in [0.15, 0.2) is 28.7 Å². The predicted molar refractivity (Wildman–Crippen MR) is 83.3 cm³/mol. The molecule has 2 unspecified atom stereocenters. The van der Waals surface area contributed by atoms with Crippen molar-refractivity contribution in [3.63, 3.8) is 0 Å². The van der Waals surface area contributed by atoms with Crippen LogP contribution in [-0.4, -0.2) is 30.1 Å². The molecular formula is C16H23BrN2. The number of nitrogens with zero attached hydrogens (tertiary/aromatic N) is 1. The maximum atomic E-state index is 3.83. The van der Waals surface area contributed by atoms with Gasteiger partial charge in [0.15, 0.2) is 0 Å². The Balaban J connectivity index is 1.59. The van der Waals surface area contributed by atoms with Crippen LogP contribution in [0.2, 0.25) is 0 Å². The van der Waals surface area contributed by atoms with Crippen molar-refractivity contribution in [3.05, 3.63) is 34.3 Å². The fourth-order valence-electron chi connectivity index (χ4n) is 3.60. The summed E-state index contributed by atoms with van der Waals surface area (Å²) in [5.74, 6) is 0. The van der Waals surface area contributed by atoms with E-state index in [1.54, 1.807) is 0 Å². The van der Waals surface area contributed by atoms with Gasteiger partial charge in [-0.15, -0.1) is 0 Å². The number of hydrogen-bond donors (Lipinski definition) is 1. The molecule has 2 heterocycles. The number of rotatable bonds is 3. The van der Waals surface area contributed by atoms with Gasteiger partial charge in [-0.2, -0.15) is 0 Å². The number of nitrogens with one attached hydrogen (secondary N) is 1. The van der Waals surface area contributed by atoms with Gasteiger partial charge in [0.2, 0.25) is 0 Å². The summed E-state index contributed by atoms with van der Waals surface area (Å²) >= 11 is 3.56. The van der Waals surface area contributed by atoms with Gasteiger partial charge in [-0.3, -0.25) is 0 Å². The van der Waals surface area contributed by atoms with Crippen LogP contribution >= 0.6 is 15.9 Å². The Labute approximate surface area is 124 Å². The van der Waals surface area contributed by atoms with Crippen molar-refractivity contribution >= 4 is 15.9 Å². The van der Waals surface area contributed by atoms with Crippen molar-refractivity contribution in [1.29, 1.82) is 0 Å². The number of piperidine rings is 1. The first-order chi connectivity index (χ1) is 9.22. The highest BCUT2D eigenvalue weighted by atomic mass is 79.9. The molecule has 2 saturated heterocycles. The first-order valence-electron chi connectivity index (χ1n) is 7.48. The van der Waals surface area contributed by atoms with Crippen molar-refractivity contribution in [2.45, 2.75) is 50.7 Å². The second-order valence-corrected chi connectivity index (χ2v) is 6.91. The van der Waals surface area contributed by atoms with Crippen LogP contribution < -0.4 is 5.32 Å². The van der Waals surface area contributed by atoms with Gasteiger partial charge in [0.25, 0.3) is 0 Å². The fraction of sp³-hybridized carbons (Fsp3) is 0.625. The first-order valence-corrected chi connectivity index (χ1v) is 8.27. The fourth-order valence-corrected chi connectivity index (χ4v) is 4.02. The number of benzene rings is 1. The van der Waals surface area contributed by atoms with E-state index in [-0.39, 0.29) is 0 Å². The molecule has 2 aliphatic rings. The summed E-state index contributed by atoms with van der Waals surface area (Å²) in [5, 5.41) is 3.83. The van der Waals surface area contributed by atoms with Gasteiger partial charge in [0.05, 0.1) is 0 Å². The zero-order chi connectivity index (χ0) is 13.2. The minimum Gasteiger partial charge on any atom is -0.307 e. The highest BCUT2D eigenvalue weighted by Crippen LogP contribution is 2.28. The molecule has 0 amide bonds. The van der Waals surface area contributed by atoms with E-state index in [1.165, 1.54) is 48.8 Å². The van der Waals surface area contributed by atoms with E-state index in [1.807, 2.05) is 0 Å². The van der Waals surface area contributed by atoms with Gasteiger partial charge >= 0.3 is 0 Å². The topological polar surface area (TPSA) is 15.3 Å². The van der Waals surface area contributed by atoms with E-state index in [4.69, 9.17) is 0 Å². The van der Waals surface area contributed by atoms with Gasteiger partial charge in [-0.25, -0.2) is 0 Å². The number of fused-ring (bicyclic) bond motifs is 1. The standard InChI is InChI=1S/C16H23BrN2/c1-12(13-4-2-5-14(17)10-13)18-15-7-9-19-8-3-6-16(19)11-15/h2,4-5,10,12,15-16,18H,3,6-9,11H2,1H3/t12-,15?,16?/m0/s1. The third-order valence-corrected chi connectivity index (χ3v) is 5.15. The van der Waals surface area contributed by atoms with Crippen molar-refractivity contribution in [3.8, 4) is 0 Å². The van der Waals surface area contributed by atoms with E-state index in [9.17, 15) is 0 Å².